The first kappa shape index (κ1) is 85.6. The van der Waals surface area contributed by atoms with Crippen LogP contribution < -0.4 is 345 Å². The topological polar surface area (TPSA) is 329 Å². The summed E-state index contributed by atoms with van der Waals surface area (Å²) in [5, 5.41) is 0. The fourth-order valence-electron chi connectivity index (χ4n) is 3.12. The van der Waals surface area contributed by atoms with Gasteiger partial charge in [0.25, 0.3) is 0 Å². The SMILES string of the molecule is C=C(C)CN(CCN(CCN(CCN(CP(=O)([O-])[O-])P(=O)([O-])[O-])CP(=O)([O-])[O-])CP(=O)([O-])[O-])CP(=O)([O-])[O-].[Na+].[Na+].[Na+].[Na+].[Na+].[Na+].[Na+].[Na+].[Na+].[Na+]. The normalized spacial score (nSPS) is 11.3. The van der Waals surface area contributed by atoms with Crippen LogP contribution in [0, 0.1) is 0 Å². The summed E-state index contributed by atoms with van der Waals surface area (Å²) in [6.45, 7) is 1.58. The molecule has 0 spiro atoms. The Labute approximate surface area is 503 Å². The second-order valence-electron chi connectivity index (χ2n) is 8.45. The van der Waals surface area contributed by atoms with Crippen molar-refractivity contribution in [2.24, 2.45) is 0 Å². The van der Waals surface area contributed by atoms with E-state index in [0.717, 1.165) is 9.80 Å². The van der Waals surface area contributed by atoms with Crippen molar-refractivity contribution in [1.82, 2.24) is 19.4 Å². The molecule has 0 fully saturated rings. The zero-order valence-corrected chi connectivity index (χ0v) is 54.6. The second-order valence-corrected chi connectivity index (χ2v) is 16.0. The van der Waals surface area contributed by atoms with Crippen molar-refractivity contribution in [1.29, 1.82) is 0 Å². The molecule has 0 rings (SSSR count). The van der Waals surface area contributed by atoms with Crippen LogP contribution in [0.4, 0.5) is 0 Å². The molecule has 0 bridgehead atoms. The molecule has 0 aliphatic carbocycles. The molecule has 0 aromatic rings. The standard InChI is InChI=1S/C14H37N4O15P5.10Na/c1-14(2)9-17(12-36(25,26)27)6-5-15(10-34(19,20)21)3-4-16(11-35(22,23)24)7-8-18(38(31,32)33)13-37(28,29)30;;;;;;;;;;/h1,3-13H2,2H3,(H2,19,20,21)(H2,22,23,24)(H2,25,26,27)(H2,28,29,30)(H2,31,32,33);;;;;;;;;;/q;10*+1/p-10. The zero-order chi connectivity index (χ0) is 30.2. The number of nitrogens with zero attached hydrogens (tertiary/aromatic N) is 4. The molecular formula is C14H27N4Na10O15P5. The minimum absolute atomic E-state index is 0. The quantitative estimate of drug-likeness (QED) is 0.0623. The van der Waals surface area contributed by atoms with Gasteiger partial charge in [0.05, 0.1) is 0 Å². The van der Waals surface area contributed by atoms with Crippen molar-refractivity contribution in [2.45, 2.75) is 6.92 Å². The Morgan fingerprint density at radius 1 is 0.438 bits per heavy atom. The van der Waals surface area contributed by atoms with Gasteiger partial charge in [0.2, 0.25) is 0 Å². The number of hydrogen-bond acceptors (Lipinski definition) is 18. The third kappa shape index (κ3) is 56.3. The molecule has 0 heterocycles. The summed E-state index contributed by atoms with van der Waals surface area (Å²) in [6, 6.07) is 0. The molecule has 228 valence electrons. The van der Waals surface area contributed by atoms with Gasteiger partial charge in [-0.3, -0.25) is 19.4 Å². The molecule has 0 saturated heterocycles. The van der Waals surface area contributed by atoms with E-state index in [1.54, 1.807) is 0 Å². The van der Waals surface area contributed by atoms with Crippen molar-refractivity contribution in [3.05, 3.63) is 12.2 Å². The van der Waals surface area contributed by atoms with Gasteiger partial charge in [0.15, 0.2) is 0 Å². The minimum atomic E-state index is -5.80. The minimum Gasteiger partial charge on any atom is -0.810 e. The molecule has 0 N–H and O–H groups in total. The van der Waals surface area contributed by atoms with Crippen molar-refractivity contribution in [3.63, 3.8) is 0 Å². The van der Waals surface area contributed by atoms with E-state index in [2.05, 4.69) is 6.58 Å². The van der Waals surface area contributed by atoms with Crippen LogP contribution in [0.25, 0.3) is 0 Å². The molecule has 0 aromatic carbocycles. The molecule has 0 aliphatic rings. The first-order chi connectivity index (χ1) is 16.8. The van der Waals surface area contributed by atoms with E-state index in [9.17, 15) is 71.8 Å². The van der Waals surface area contributed by atoms with E-state index in [-0.39, 0.29) is 320 Å². The predicted molar refractivity (Wildman–Crippen MR) is 114 cm³/mol. The summed E-state index contributed by atoms with van der Waals surface area (Å²) in [5.41, 5.74) is 0.440. The molecule has 34 heteroatoms. The van der Waals surface area contributed by atoms with Crippen molar-refractivity contribution < 1.29 is 367 Å². The van der Waals surface area contributed by atoms with Crippen molar-refractivity contribution >= 4 is 38.1 Å². The monoisotopic (exact) mass is 876 g/mol. The predicted octanol–water partition coefficient (Wildman–Crippen LogP) is -37.9. The van der Waals surface area contributed by atoms with Gasteiger partial charge >= 0.3 is 296 Å². The number of rotatable bonds is 20. The van der Waals surface area contributed by atoms with Gasteiger partial charge in [-0.05, 0) is 6.92 Å². The van der Waals surface area contributed by atoms with E-state index >= 15 is 0 Å². The Morgan fingerprint density at radius 2 is 0.667 bits per heavy atom. The van der Waals surface area contributed by atoms with Gasteiger partial charge < -0.3 is 71.8 Å². The summed E-state index contributed by atoms with van der Waals surface area (Å²) >= 11 is 0. The average molecular weight is 876 g/mol. The van der Waals surface area contributed by atoms with E-state index in [1.165, 1.54) is 6.92 Å². The molecule has 0 aromatic heterocycles. The third-order valence-electron chi connectivity index (χ3n) is 4.44. The third-order valence-corrected chi connectivity index (χ3v) is 8.62. The first-order valence-electron chi connectivity index (χ1n) is 10.4. The van der Waals surface area contributed by atoms with Crippen molar-refractivity contribution in [2.75, 3.05) is 71.0 Å². The molecule has 0 aliphatic heterocycles. The second kappa shape index (κ2) is 41.3. The molecule has 0 unspecified atom stereocenters. The fraction of sp³-hybridized carbons (Fsp3) is 0.857. The van der Waals surface area contributed by atoms with Crippen LogP contribution in [0.3, 0.4) is 0 Å². The fourth-order valence-corrected chi connectivity index (χ4v) is 7.35. The first-order valence-corrected chi connectivity index (χ1v) is 18.8. The van der Waals surface area contributed by atoms with Gasteiger partial charge in [-0.25, -0.2) is 0 Å². The summed E-state index contributed by atoms with van der Waals surface area (Å²) in [5.74, 6) is 0. The summed E-state index contributed by atoms with van der Waals surface area (Å²) < 4.78 is 55.7. The van der Waals surface area contributed by atoms with Crippen LogP contribution in [-0.4, -0.2) is 90.3 Å². The van der Waals surface area contributed by atoms with Crippen LogP contribution in [0.15, 0.2) is 12.2 Å². The molecule has 48 heavy (non-hydrogen) atoms. The Balaban J connectivity index is -0.000000152. The van der Waals surface area contributed by atoms with Gasteiger partial charge in [0.1, 0.15) is 0 Å². The van der Waals surface area contributed by atoms with E-state index < -0.39 is 89.5 Å². The largest absolute Gasteiger partial charge is 1.00 e. The maximum atomic E-state index is 11.3. The smallest absolute Gasteiger partial charge is 0.810 e. The van der Waals surface area contributed by atoms with Crippen LogP contribution in [0.1, 0.15) is 6.92 Å². The van der Waals surface area contributed by atoms with Gasteiger partial charge in [-0.15, -0.1) is 0 Å². The number of hydrogen-bond donors (Lipinski definition) is 0. The van der Waals surface area contributed by atoms with Crippen LogP contribution in [0.5, 0.6) is 0 Å². The molecule has 19 nitrogen and oxygen atoms in total. The molecular weight excluding hydrogens is 849 g/mol. The Morgan fingerprint density at radius 3 is 0.896 bits per heavy atom. The average Bonchev–Trinajstić information content (AvgIpc) is 2.60. The molecule has 0 saturated carbocycles. The Hall–Kier alpha value is 10.3. The van der Waals surface area contributed by atoms with Crippen LogP contribution in [0.2, 0.25) is 0 Å². The Kier molecular flexibility index (Phi) is 73.7. The molecule has 0 atom stereocenters. The van der Waals surface area contributed by atoms with Gasteiger partial charge in [-0.1, -0.05) is 42.5 Å². The maximum absolute atomic E-state index is 11.3. The molecule has 0 amide bonds. The van der Waals surface area contributed by atoms with Gasteiger partial charge in [-0.2, -0.15) is 0 Å². The summed E-state index contributed by atoms with van der Waals surface area (Å²) in [4.78, 5) is 115. The van der Waals surface area contributed by atoms with Crippen molar-refractivity contribution in [3.8, 4) is 0 Å². The van der Waals surface area contributed by atoms with E-state index in [4.69, 9.17) is 0 Å². The van der Waals surface area contributed by atoms with Crippen LogP contribution >= 0.6 is 38.1 Å². The Bertz CT molecular complexity index is 1040. The molecule has 0 radical (unpaired) electrons. The van der Waals surface area contributed by atoms with Crippen LogP contribution in [-0.2, 0) is 22.8 Å². The van der Waals surface area contributed by atoms with E-state index in [1.807, 2.05) is 0 Å². The maximum Gasteiger partial charge on any atom is 1.00 e. The summed E-state index contributed by atoms with van der Waals surface area (Å²) in [6.07, 6.45) is -5.11. The summed E-state index contributed by atoms with van der Waals surface area (Å²) in [7, 11) is -27.0. The van der Waals surface area contributed by atoms with Gasteiger partial charge in [0, 0.05) is 78.7 Å². The van der Waals surface area contributed by atoms with E-state index in [0.29, 0.717) is 10.5 Å². The zero-order valence-electron chi connectivity index (χ0n) is 30.1.